The number of nitrogens with one attached hydrogen (secondary N) is 3. The van der Waals surface area contributed by atoms with Crippen molar-refractivity contribution in [3.63, 3.8) is 0 Å². The van der Waals surface area contributed by atoms with Crippen LogP contribution in [0, 0.1) is 12.7 Å². The van der Waals surface area contributed by atoms with Gasteiger partial charge in [0.1, 0.15) is 17.9 Å². The van der Waals surface area contributed by atoms with Gasteiger partial charge in [-0.15, -0.1) is 0 Å². The van der Waals surface area contributed by atoms with E-state index in [0.29, 0.717) is 32.4 Å². The molecule has 1 aliphatic rings. The number of H-pyrrole nitrogens is 1. The van der Waals surface area contributed by atoms with Crippen molar-refractivity contribution in [3.05, 3.63) is 71.2 Å². The summed E-state index contributed by atoms with van der Waals surface area (Å²) in [5, 5.41) is 22.6. The largest absolute Gasteiger partial charge is 0.480 e. The van der Waals surface area contributed by atoms with E-state index in [1.165, 1.54) is 11.0 Å². The smallest absolute Gasteiger partial charge is 0.326 e. The Kier molecular flexibility index (Phi) is 15.1. The Morgan fingerprint density at radius 1 is 1.13 bits per heavy atom. The molecule has 1 saturated heterocycles. The van der Waals surface area contributed by atoms with Gasteiger partial charge in [-0.3, -0.25) is 14.4 Å². The molecule has 246 valence electrons. The second kappa shape index (κ2) is 18.5. The maximum absolute atomic E-state index is 12.7. The van der Waals surface area contributed by atoms with Crippen molar-refractivity contribution in [2.45, 2.75) is 71.1 Å². The monoisotopic (exact) mass is 628 g/mol. The second-order valence-corrected chi connectivity index (χ2v) is 10.6. The lowest BCUT2D eigenvalue weighted by atomic mass is 10.0. The lowest BCUT2D eigenvalue weighted by Crippen LogP contribution is -2.53. The molecule has 2 unspecified atom stereocenters. The van der Waals surface area contributed by atoms with Crippen LogP contribution < -0.4 is 22.1 Å². The molecule has 12 nitrogen and oxygen atoms in total. The van der Waals surface area contributed by atoms with Crippen LogP contribution in [0.3, 0.4) is 0 Å². The van der Waals surface area contributed by atoms with Gasteiger partial charge in [-0.2, -0.15) is 0 Å². The number of likely N-dealkylation sites (tertiary alicyclic amines) is 1. The van der Waals surface area contributed by atoms with Crippen LogP contribution >= 0.6 is 0 Å². The SMILES string of the molecule is CCC(NC(=O)[C@@H]1CCCN1C(=O)CNC(=O)C(N)Cc1cccc(CN)c1)C(=O)O.CCO.Cc1c[nH]c2ccc(F)cc12. The van der Waals surface area contributed by atoms with Crippen molar-refractivity contribution in [1.82, 2.24) is 20.5 Å². The highest BCUT2D eigenvalue weighted by atomic mass is 19.1. The predicted octanol–water partition coefficient (Wildman–Crippen LogP) is 1.72. The highest BCUT2D eigenvalue weighted by Gasteiger charge is 2.35. The Morgan fingerprint density at radius 2 is 1.82 bits per heavy atom. The zero-order valence-electron chi connectivity index (χ0n) is 26.0. The summed E-state index contributed by atoms with van der Waals surface area (Å²) in [6.45, 7) is 6.02. The summed E-state index contributed by atoms with van der Waals surface area (Å²) in [4.78, 5) is 52.9. The molecule has 3 atom stereocenters. The number of rotatable bonds is 10. The van der Waals surface area contributed by atoms with Gasteiger partial charge >= 0.3 is 5.97 Å². The lowest BCUT2D eigenvalue weighted by molar-refractivity contribution is -0.144. The van der Waals surface area contributed by atoms with Gasteiger partial charge in [0, 0.05) is 36.8 Å². The summed E-state index contributed by atoms with van der Waals surface area (Å²) in [6, 6.07) is 9.63. The number of aliphatic carboxylic acids is 1. The number of carbonyl (C=O) groups excluding carboxylic acids is 3. The highest BCUT2D eigenvalue weighted by molar-refractivity contribution is 5.93. The maximum atomic E-state index is 12.7. The summed E-state index contributed by atoms with van der Waals surface area (Å²) >= 11 is 0. The molecule has 1 aromatic heterocycles. The molecule has 9 N–H and O–H groups in total. The van der Waals surface area contributed by atoms with E-state index >= 15 is 0 Å². The lowest BCUT2D eigenvalue weighted by Gasteiger charge is -2.25. The minimum atomic E-state index is -1.12. The van der Waals surface area contributed by atoms with Gasteiger partial charge in [0.15, 0.2) is 0 Å². The Labute approximate surface area is 262 Å². The first-order chi connectivity index (χ1) is 21.4. The van der Waals surface area contributed by atoms with E-state index in [1.54, 1.807) is 26.0 Å². The van der Waals surface area contributed by atoms with Crippen LogP contribution in [0.5, 0.6) is 0 Å². The zero-order chi connectivity index (χ0) is 33.5. The number of fused-ring (bicyclic) bond motifs is 1. The molecule has 0 bridgehead atoms. The number of carboxylic acids is 1. The van der Waals surface area contributed by atoms with Gasteiger partial charge < -0.3 is 42.2 Å². The van der Waals surface area contributed by atoms with Crippen molar-refractivity contribution >= 4 is 34.6 Å². The Morgan fingerprint density at radius 3 is 2.47 bits per heavy atom. The first kappa shape index (κ1) is 36.9. The molecule has 2 heterocycles. The molecule has 1 aliphatic heterocycles. The number of aliphatic hydroxyl groups is 1. The first-order valence-electron chi connectivity index (χ1n) is 14.9. The number of benzene rings is 2. The number of halogens is 1. The third-order valence-corrected chi connectivity index (χ3v) is 7.18. The van der Waals surface area contributed by atoms with Crippen LogP contribution in [0.25, 0.3) is 10.9 Å². The number of amides is 3. The number of hydrogen-bond acceptors (Lipinski definition) is 7. The standard InChI is InChI=1S/C21H31N5O5.C9H8FN.C2H6O/c1-2-16(21(30)31)25-20(29)17-7-4-8-26(17)18(27)12-24-19(28)15(23)10-13-5-3-6-14(9-13)11-22;1-6-5-11-9-3-2-7(10)4-8(6)9;1-2-3/h3,5-6,9,15-17H,2,4,7-8,10-12,22-23H2,1H3,(H,24,28)(H,25,29)(H,30,31);2-5,11H,1H3;3H,2H2,1H3/t15?,16?,17-;;/m0../s1. The third kappa shape index (κ3) is 11.3. The number of nitrogens with zero attached hydrogens (tertiary/aromatic N) is 1. The van der Waals surface area contributed by atoms with Crippen LogP contribution in [-0.2, 0) is 32.1 Å². The molecule has 13 heteroatoms. The molecule has 0 saturated carbocycles. The number of aliphatic hydroxyl groups excluding tert-OH is 1. The summed E-state index contributed by atoms with van der Waals surface area (Å²) in [7, 11) is 0. The van der Waals surface area contributed by atoms with E-state index in [0.717, 1.165) is 27.6 Å². The van der Waals surface area contributed by atoms with Crippen molar-refractivity contribution in [3.8, 4) is 0 Å². The van der Waals surface area contributed by atoms with Crippen LogP contribution in [0.1, 0.15) is 49.8 Å². The number of aromatic nitrogens is 1. The maximum Gasteiger partial charge on any atom is 0.326 e. The van der Waals surface area contributed by atoms with Crippen LogP contribution in [0.15, 0.2) is 48.7 Å². The molecule has 0 spiro atoms. The van der Waals surface area contributed by atoms with E-state index in [-0.39, 0.29) is 25.4 Å². The quantitative estimate of drug-likeness (QED) is 0.176. The fraction of sp³-hybridized carbons (Fsp3) is 0.438. The van der Waals surface area contributed by atoms with E-state index < -0.39 is 41.8 Å². The summed E-state index contributed by atoms with van der Waals surface area (Å²) < 4.78 is 12.7. The van der Waals surface area contributed by atoms with Gasteiger partial charge in [0.05, 0.1) is 12.6 Å². The number of carbonyl (C=O) groups is 4. The summed E-state index contributed by atoms with van der Waals surface area (Å²) in [5.74, 6) is -2.68. The zero-order valence-corrected chi connectivity index (χ0v) is 26.0. The van der Waals surface area contributed by atoms with Crippen LogP contribution in [-0.4, -0.2) is 81.6 Å². The van der Waals surface area contributed by atoms with Crippen molar-refractivity contribution in [2.24, 2.45) is 11.5 Å². The molecule has 1 fully saturated rings. The van der Waals surface area contributed by atoms with E-state index in [2.05, 4.69) is 15.6 Å². The molecule has 4 rings (SSSR count). The number of hydrogen-bond donors (Lipinski definition) is 7. The molecule has 45 heavy (non-hydrogen) atoms. The molecular formula is C32H45FN6O6. The normalized spacial score (nSPS) is 15.2. The van der Waals surface area contributed by atoms with Gasteiger partial charge in [-0.25, -0.2) is 9.18 Å². The third-order valence-electron chi connectivity index (χ3n) is 7.18. The summed E-state index contributed by atoms with van der Waals surface area (Å²) in [5.41, 5.74) is 15.5. The van der Waals surface area contributed by atoms with Gasteiger partial charge in [0.2, 0.25) is 17.7 Å². The van der Waals surface area contributed by atoms with E-state index in [4.69, 9.17) is 21.7 Å². The molecule has 3 amide bonds. The second-order valence-electron chi connectivity index (χ2n) is 10.6. The first-order valence-corrected chi connectivity index (χ1v) is 14.9. The fourth-order valence-corrected chi connectivity index (χ4v) is 4.80. The summed E-state index contributed by atoms with van der Waals surface area (Å²) in [6.07, 6.45) is 3.49. The molecule has 0 radical (unpaired) electrons. The van der Waals surface area contributed by atoms with Gasteiger partial charge in [-0.1, -0.05) is 31.2 Å². The Balaban J connectivity index is 0.000000412. The van der Waals surface area contributed by atoms with Gasteiger partial charge in [-0.05, 0) is 74.4 Å². The van der Waals surface area contributed by atoms with Gasteiger partial charge in [0.25, 0.3) is 0 Å². The average Bonchev–Trinajstić information content (AvgIpc) is 3.66. The molecular weight excluding hydrogens is 583 g/mol. The number of carboxylic acid groups (broad SMARTS) is 1. The van der Waals surface area contributed by atoms with E-state index in [1.807, 2.05) is 37.4 Å². The average molecular weight is 629 g/mol. The fourth-order valence-electron chi connectivity index (χ4n) is 4.80. The van der Waals surface area contributed by atoms with Crippen LogP contribution in [0.4, 0.5) is 4.39 Å². The molecule has 3 aromatic rings. The predicted molar refractivity (Wildman–Crippen MR) is 169 cm³/mol. The minimum absolute atomic E-state index is 0.180. The Bertz CT molecular complexity index is 1430. The van der Waals surface area contributed by atoms with Crippen molar-refractivity contribution in [2.75, 3.05) is 19.7 Å². The molecule has 0 aliphatic carbocycles. The van der Waals surface area contributed by atoms with E-state index in [9.17, 15) is 23.6 Å². The minimum Gasteiger partial charge on any atom is -0.480 e. The number of aryl methyl sites for hydroxylation is 1. The topological polar surface area (TPSA) is 204 Å². The molecule has 2 aromatic carbocycles. The number of aromatic amines is 1. The number of nitrogens with two attached hydrogens (primary N) is 2. The van der Waals surface area contributed by atoms with Crippen molar-refractivity contribution < 1.29 is 33.8 Å². The Hall–Kier alpha value is -4.33. The van der Waals surface area contributed by atoms with Crippen LogP contribution in [0.2, 0.25) is 0 Å². The highest BCUT2D eigenvalue weighted by Crippen LogP contribution is 2.19. The van der Waals surface area contributed by atoms with Crippen molar-refractivity contribution in [1.29, 1.82) is 0 Å².